The number of hydrogen-bond acceptors (Lipinski definition) is 3. The standard InChI is InChI=1S/C25H23ClF3N3O2/c1-24(2,15-30)16-31(3)23(33)34-22-20(18-9-11-19(26)12-10-18)13-21(25(27,28)29)32(22)14-17-7-5-4-6-8-17/h4-13H,14,16H2,1-3H3. The largest absolute Gasteiger partial charge is 0.431 e. The number of amides is 1. The number of hydrogen-bond donors (Lipinski definition) is 0. The lowest BCUT2D eigenvalue weighted by Crippen LogP contribution is -2.37. The molecule has 0 saturated heterocycles. The highest BCUT2D eigenvalue weighted by atomic mass is 35.5. The fraction of sp³-hybridized carbons (Fsp3) is 0.280. The lowest BCUT2D eigenvalue weighted by atomic mass is 9.95. The Morgan fingerprint density at radius 1 is 1.12 bits per heavy atom. The van der Waals surface area contributed by atoms with Gasteiger partial charge in [0, 0.05) is 24.2 Å². The van der Waals surface area contributed by atoms with E-state index in [4.69, 9.17) is 16.3 Å². The number of carbonyl (C=O) groups excluding carboxylic acids is 1. The maximum absolute atomic E-state index is 14.1. The van der Waals surface area contributed by atoms with Crippen LogP contribution in [-0.4, -0.2) is 29.2 Å². The van der Waals surface area contributed by atoms with Crippen LogP contribution in [0.15, 0.2) is 60.7 Å². The predicted molar refractivity (Wildman–Crippen MR) is 123 cm³/mol. The summed E-state index contributed by atoms with van der Waals surface area (Å²) in [5.41, 5.74) is -0.715. The molecule has 0 saturated carbocycles. The zero-order chi connectivity index (χ0) is 25.1. The van der Waals surface area contributed by atoms with Crippen molar-refractivity contribution in [3.63, 3.8) is 0 Å². The second kappa shape index (κ2) is 9.82. The first-order valence-corrected chi connectivity index (χ1v) is 10.7. The molecule has 0 aliphatic carbocycles. The molecule has 1 aromatic heterocycles. The van der Waals surface area contributed by atoms with E-state index in [1.165, 1.54) is 11.9 Å². The normalized spacial score (nSPS) is 11.7. The molecule has 0 bridgehead atoms. The minimum absolute atomic E-state index is 0.0319. The fourth-order valence-corrected chi connectivity index (χ4v) is 3.61. The van der Waals surface area contributed by atoms with E-state index in [0.29, 0.717) is 16.1 Å². The fourth-order valence-electron chi connectivity index (χ4n) is 3.49. The van der Waals surface area contributed by atoms with Crippen molar-refractivity contribution in [2.75, 3.05) is 13.6 Å². The lowest BCUT2D eigenvalue weighted by molar-refractivity contribution is -0.143. The number of carbonyl (C=O) groups is 1. The summed E-state index contributed by atoms with van der Waals surface area (Å²) < 4.78 is 48.7. The van der Waals surface area contributed by atoms with Crippen molar-refractivity contribution in [3.05, 3.63) is 76.9 Å². The molecule has 34 heavy (non-hydrogen) atoms. The summed E-state index contributed by atoms with van der Waals surface area (Å²) >= 11 is 5.95. The predicted octanol–water partition coefficient (Wildman–Crippen LogP) is 6.86. The number of halogens is 4. The van der Waals surface area contributed by atoms with Gasteiger partial charge >= 0.3 is 12.3 Å². The minimum atomic E-state index is -4.70. The van der Waals surface area contributed by atoms with Crippen LogP contribution in [0.25, 0.3) is 11.1 Å². The Balaban J connectivity index is 2.13. The van der Waals surface area contributed by atoms with Gasteiger partial charge in [0.2, 0.25) is 5.88 Å². The van der Waals surface area contributed by atoms with Crippen molar-refractivity contribution in [1.29, 1.82) is 5.26 Å². The highest BCUT2D eigenvalue weighted by molar-refractivity contribution is 6.30. The summed E-state index contributed by atoms with van der Waals surface area (Å²) in [6, 6.07) is 17.8. The Morgan fingerprint density at radius 3 is 2.29 bits per heavy atom. The number of benzene rings is 2. The van der Waals surface area contributed by atoms with Crippen molar-refractivity contribution in [1.82, 2.24) is 9.47 Å². The molecule has 178 valence electrons. The molecule has 0 atom stereocenters. The van der Waals surface area contributed by atoms with Crippen LogP contribution in [0.1, 0.15) is 25.1 Å². The molecular formula is C25H23ClF3N3O2. The van der Waals surface area contributed by atoms with Crippen LogP contribution in [0.4, 0.5) is 18.0 Å². The molecule has 9 heteroatoms. The van der Waals surface area contributed by atoms with Gasteiger partial charge in [-0.15, -0.1) is 0 Å². The van der Waals surface area contributed by atoms with Gasteiger partial charge in [0.25, 0.3) is 0 Å². The van der Waals surface area contributed by atoms with E-state index in [0.717, 1.165) is 10.6 Å². The van der Waals surface area contributed by atoms with Crippen molar-refractivity contribution in [2.24, 2.45) is 5.41 Å². The zero-order valence-electron chi connectivity index (χ0n) is 18.9. The van der Waals surface area contributed by atoms with Gasteiger partial charge in [0.05, 0.1) is 18.0 Å². The van der Waals surface area contributed by atoms with Crippen molar-refractivity contribution in [2.45, 2.75) is 26.6 Å². The van der Waals surface area contributed by atoms with E-state index < -0.39 is 23.4 Å². The van der Waals surface area contributed by atoms with Crippen molar-refractivity contribution >= 4 is 17.7 Å². The molecular weight excluding hydrogens is 467 g/mol. The van der Waals surface area contributed by atoms with E-state index in [9.17, 15) is 23.2 Å². The molecule has 0 fully saturated rings. The molecule has 1 heterocycles. The Hall–Kier alpha value is -3.44. The number of alkyl halides is 3. The van der Waals surface area contributed by atoms with Crippen LogP contribution in [0.2, 0.25) is 5.02 Å². The smallest absolute Gasteiger partial charge is 0.392 e. The van der Waals surface area contributed by atoms with E-state index in [1.807, 2.05) is 0 Å². The van der Waals surface area contributed by atoms with Crippen molar-refractivity contribution in [3.8, 4) is 23.1 Å². The Labute approximate surface area is 200 Å². The third-order valence-corrected chi connectivity index (χ3v) is 5.36. The van der Waals surface area contributed by atoms with Gasteiger partial charge in [-0.1, -0.05) is 54.1 Å². The summed E-state index contributed by atoms with van der Waals surface area (Å²) in [6.45, 7) is 3.16. The molecule has 0 radical (unpaired) electrons. The monoisotopic (exact) mass is 489 g/mol. The van der Waals surface area contributed by atoms with Gasteiger partial charge in [-0.3, -0.25) is 0 Å². The molecule has 2 aromatic carbocycles. The van der Waals surface area contributed by atoms with Crippen LogP contribution >= 0.6 is 11.6 Å². The molecule has 0 unspecified atom stereocenters. The second-order valence-corrected chi connectivity index (χ2v) is 8.98. The number of ether oxygens (including phenoxy) is 1. The summed E-state index contributed by atoms with van der Waals surface area (Å²) in [6.07, 6.45) is -5.57. The number of nitriles is 1. The lowest BCUT2D eigenvalue weighted by Gasteiger charge is -2.24. The van der Waals surface area contributed by atoms with E-state index in [1.54, 1.807) is 68.4 Å². The van der Waals surface area contributed by atoms with Gasteiger partial charge < -0.3 is 14.2 Å². The second-order valence-electron chi connectivity index (χ2n) is 8.54. The molecule has 0 aliphatic heterocycles. The Bertz CT molecular complexity index is 1200. The van der Waals surface area contributed by atoms with E-state index >= 15 is 0 Å². The molecule has 5 nitrogen and oxygen atoms in total. The number of nitrogens with zero attached hydrogens (tertiary/aromatic N) is 3. The van der Waals surface area contributed by atoms with Gasteiger partial charge in [-0.25, -0.2) is 4.79 Å². The van der Waals surface area contributed by atoms with Crippen LogP contribution in [0.3, 0.4) is 0 Å². The molecule has 3 rings (SSSR count). The van der Waals surface area contributed by atoms with Gasteiger partial charge in [0.1, 0.15) is 5.69 Å². The molecule has 1 amide bonds. The average Bonchev–Trinajstić information content (AvgIpc) is 3.13. The summed E-state index contributed by atoms with van der Waals surface area (Å²) in [5, 5.41) is 9.68. The minimum Gasteiger partial charge on any atom is -0.392 e. The van der Waals surface area contributed by atoms with Gasteiger partial charge in [-0.05, 0) is 43.2 Å². The number of rotatable bonds is 6. The first-order valence-electron chi connectivity index (χ1n) is 10.4. The quantitative estimate of drug-likeness (QED) is 0.380. The highest BCUT2D eigenvalue weighted by Crippen LogP contribution is 2.41. The SMILES string of the molecule is CN(CC(C)(C)C#N)C(=O)Oc1c(-c2ccc(Cl)cc2)cc(C(F)(F)F)n1Cc1ccccc1. The number of aromatic nitrogens is 1. The van der Waals surface area contributed by atoms with E-state index in [-0.39, 0.29) is 24.5 Å². The maximum Gasteiger partial charge on any atom is 0.431 e. The zero-order valence-corrected chi connectivity index (χ0v) is 19.6. The highest BCUT2D eigenvalue weighted by Gasteiger charge is 2.38. The van der Waals surface area contributed by atoms with Crippen LogP contribution in [0, 0.1) is 16.7 Å². The van der Waals surface area contributed by atoms with Gasteiger partial charge in [-0.2, -0.15) is 18.4 Å². The molecule has 0 spiro atoms. The molecule has 0 N–H and O–H groups in total. The third-order valence-electron chi connectivity index (χ3n) is 5.11. The van der Waals surface area contributed by atoms with Gasteiger partial charge in [0.15, 0.2) is 0 Å². The first-order chi connectivity index (χ1) is 15.9. The summed E-state index contributed by atoms with van der Waals surface area (Å²) in [4.78, 5) is 14.1. The van der Waals surface area contributed by atoms with Crippen LogP contribution < -0.4 is 4.74 Å². The summed E-state index contributed by atoms with van der Waals surface area (Å²) in [7, 11) is 1.43. The van der Waals surface area contributed by atoms with E-state index in [2.05, 4.69) is 6.07 Å². The average molecular weight is 490 g/mol. The van der Waals surface area contributed by atoms with Crippen LogP contribution in [0.5, 0.6) is 5.88 Å². The Kier molecular flexibility index (Phi) is 7.27. The topological polar surface area (TPSA) is 58.3 Å². The van der Waals surface area contributed by atoms with Crippen molar-refractivity contribution < 1.29 is 22.7 Å². The molecule has 0 aliphatic rings. The maximum atomic E-state index is 14.1. The Morgan fingerprint density at radius 2 is 1.74 bits per heavy atom. The summed E-state index contributed by atoms with van der Waals surface area (Å²) in [5.74, 6) is -0.245. The third kappa shape index (κ3) is 5.91. The van der Waals surface area contributed by atoms with Crippen LogP contribution in [-0.2, 0) is 12.7 Å². The first kappa shape index (κ1) is 25.2. The molecule has 3 aromatic rings.